The molecule has 2 aromatic carbocycles. The summed E-state index contributed by atoms with van der Waals surface area (Å²) >= 11 is 0. The zero-order chi connectivity index (χ0) is 19.8. The standard InChI is InChI=1S/C22H15FN4O2/c1-28-20-8-13(29-21-4-2-3-7-24-21)5-6-14(20)15-9-16-18(10-17(15)23)25-11-19-22(16)27-12-26-19/h2-12H,1H3,(H,26,27). The summed E-state index contributed by atoms with van der Waals surface area (Å²) < 4.78 is 26.2. The Morgan fingerprint density at radius 2 is 1.90 bits per heavy atom. The van der Waals surface area contributed by atoms with Crippen LogP contribution in [-0.2, 0) is 0 Å². The number of methoxy groups -OCH3 is 1. The summed E-state index contributed by atoms with van der Waals surface area (Å²) in [4.78, 5) is 15.8. The summed E-state index contributed by atoms with van der Waals surface area (Å²) in [5, 5.41) is 0.760. The van der Waals surface area contributed by atoms with Crippen molar-refractivity contribution in [1.82, 2.24) is 19.9 Å². The Hall–Kier alpha value is -4.00. The van der Waals surface area contributed by atoms with Crippen molar-refractivity contribution in [3.8, 4) is 28.5 Å². The molecule has 6 nitrogen and oxygen atoms in total. The van der Waals surface area contributed by atoms with E-state index in [-0.39, 0.29) is 0 Å². The number of pyridine rings is 2. The van der Waals surface area contributed by atoms with Crippen LogP contribution in [0.2, 0.25) is 0 Å². The van der Waals surface area contributed by atoms with Gasteiger partial charge in [-0.25, -0.2) is 14.4 Å². The van der Waals surface area contributed by atoms with Crippen LogP contribution in [-0.4, -0.2) is 27.0 Å². The van der Waals surface area contributed by atoms with Crippen LogP contribution in [0, 0.1) is 5.82 Å². The number of aromatic nitrogens is 4. The molecule has 0 aliphatic carbocycles. The van der Waals surface area contributed by atoms with Crippen LogP contribution in [0.5, 0.6) is 17.4 Å². The molecule has 5 rings (SSSR count). The van der Waals surface area contributed by atoms with Crippen LogP contribution in [0.15, 0.2) is 67.3 Å². The number of benzene rings is 2. The van der Waals surface area contributed by atoms with E-state index in [1.165, 1.54) is 13.2 Å². The van der Waals surface area contributed by atoms with Crippen molar-refractivity contribution in [1.29, 1.82) is 0 Å². The lowest BCUT2D eigenvalue weighted by Crippen LogP contribution is -1.94. The van der Waals surface area contributed by atoms with Gasteiger partial charge in [-0.15, -0.1) is 0 Å². The maximum atomic E-state index is 14.9. The van der Waals surface area contributed by atoms with E-state index in [2.05, 4.69) is 19.9 Å². The van der Waals surface area contributed by atoms with Crippen molar-refractivity contribution in [3.63, 3.8) is 0 Å². The Labute approximate surface area is 165 Å². The highest BCUT2D eigenvalue weighted by Crippen LogP contribution is 2.38. The maximum absolute atomic E-state index is 14.9. The van der Waals surface area contributed by atoms with Gasteiger partial charge in [0.25, 0.3) is 0 Å². The molecule has 0 fully saturated rings. The smallest absolute Gasteiger partial charge is 0.219 e. The molecular formula is C22H15FN4O2. The zero-order valence-electron chi connectivity index (χ0n) is 15.4. The van der Waals surface area contributed by atoms with Gasteiger partial charge in [-0.3, -0.25) is 4.98 Å². The fourth-order valence-corrected chi connectivity index (χ4v) is 3.30. The molecular weight excluding hydrogens is 371 g/mol. The zero-order valence-corrected chi connectivity index (χ0v) is 15.4. The molecule has 0 aliphatic rings. The summed E-state index contributed by atoms with van der Waals surface area (Å²) in [7, 11) is 1.54. The molecule has 0 saturated heterocycles. The van der Waals surface area contributed by atoms with Crippen LogP contribution in [0.3, 0.4) is 0 Å². The number of fused-ring (bicyclic) bond motifs is 3. The average Bonchev–Trinajstić information content (AvgIpc) is 3.23. The molecule has 0 radical (unpaired) electrons. The summed E-state index contributed by atoms with van der Waals surface area (Å²) in [6.07, 6.45) is 4.89. The fourth-order valence-electron chi connectivity index (χ4n) is 3.30. The number of ether oxygens (including phenoxy) is 2. The van der Waals surface area contributed by atoms with E-state index in [0.717, 1.165) is 16.4 Å². The normalized spacial score (nSPS) is 11.1. The molecule has 0 spiro atoms. The van der Waals surface area contributed by atoms with E-state index in [0.29, 0.717) is 34.0 Å². The van der Waals surface area contributed by atoms with Gasteiger partial charge in [0, 0.05) is 40.9 Å². The van der Waals surface area contributed by atoms with E-state index in [1.807, 2.05) is 12.1 Å². The Bertz CT molecular complexity index is 1340. The van der Waals surface area contributed by atoms with E-state index < -0.39 is 5.82 Å². The molecule has 0 unspecified atom stereocenters. The molecule has 7 heteroatoms. The second kappa shape index (κ2) is 6.87. The van der Waals surface area contributed by atoms with Crippen LogP contribution in [0.4, 0.5) is 4.39 Å². The van der Waals surface area contributed by atoms with Crippen LogP contribution >= 0.6 is 0 Å². The van der Waals surface area contributed by atoms with Crippen LogP contribution in [0.1, 0.15) is 0 Å². The fraction of sp³-hybridized carbons (Fsp3) is 0.0455. The van der Waals surface area contributed by atoms with Gasteiger partial charge in [0.05, 0.1) is 36.2 Å². The van der Waals surface area contributed by atoms with Crippen LogP contribution < -0.4 is 9.47 Å². The van der Waals surface area contributed by atoms with Crippen molar-refractivity contribution >= 4 is 21.9 Å². The lowest BCUT2D eigenvalue weighted by atomic mass is 10.0. The second-order valence-electron chi connectivity index (χ2n) is 6.40. The van der Waals surface area contributed by atoms with Gasteiger partial charge < -0.3 is 14.5 Å². The van der Waals surface area contributed by atoms with E-state index in [4.69, 9.17) is 9.47 Å². The maximum Gasteiger partial charge on any atom is 0.219 e. The van der Waals surface area contributed by atoms with Gasteiger partial charge in [-0.05, 0) is 24.3 Å². The average molecular weight is 386 g/mol. The Kier molecular flexibility index (Phi) is 4.05. The molecule has 142 valence electrons. The summed E-state index contributed by atoms with van der Waals surface area (Å²) in [5.41, 5.74) is 3.08. The monoisotopic (exact) mass is 386 g/mol. The van der Waals surface area contributed by atoms with Gasteiger partial charge >= 0.3 is 0 Å². The van der Waals surface area contributed by atoms with Crippen LogP contribution in [0.25, 0.3) is 33.1 Å². The van der Waals surface area contributed by atoms with Gasteiger partial charge in [-0.2, -0.15) is 0 Å². The third kappa shape index (κ3) is 3.02. The van der Waals surface area contributed by atoms with Gasteiger partial charge in [0.1, 0.15) is 17.3 Å². The third-order valence-corrected chi connectivity index (χ3v) is 4.67. The lowest BCUT2D eigenvalue weighted by molar-refractivity contribution is 0.408. The molecule has 1 N–H and O–H groups in total. The number of aromatic amines is 1. The molecule has 0 atom stereocenters. The molecule has 0 aliphatic heterocycles. The van der Waals surface area contributed by atoms with Gasteiger partial charge in [0.15, 0.2) is 0 Å². The molecule has 5 aromatic rings. The minimum atomic E-state index is -0.392. The largest absolute Gasteiger partial charge is 0.496 e. The molecule has 3 aromatic heterocycles. The summed E-state index contributed by atoms with van der Waals surface area (Å²) in [6.45, 7) is 0. The first kappa shape index (κ1) is 17.1. The summed E-state index contributed by atoms with van der Waals surface area (Å²) in [5.74, 6) is 1.10. The topological polar surface area (TPSA) is 72.9 Å². The number of imidazole rings is 1. The minimum absolute atomic E-state index is 0.392. The Morgan fingerprint density at radius 3 is 2.72 bits per heavy atom. The Balaban J connectivity index is 1.62. The molecule has 29 heavy (non-hydrogen) atoms. The Morgan fingerprint density at radius 1 is 0.966 bits per heavy atom. The highest BCUT2D eigenvalue weighted by Gasteiger charge is 2.16. The number of hydrogen-bond acceptors (Lipinski definition) is 5. The van der Waals surface area contributed by atoms with Crippen molar-refractivity contribution in [3.05, 3.63) is 73.1 Å². The molecule has 0 bridgehead atoms. The second-order valence-corrected chi connectivity index (χ2v) is 6.40. The van der Waals surface area contributed by atoms with E-state index in [1.54, 1.807) is 49.1 Å². The summed E-state index contributed by atoms with van der Waals surface area (Å²) in [6, 6.07) is 13.8. The number of nitrogens with one attached hydrogen (secondary N) is 1. The highest BCUT2D eigenvalue weighted by molar-refractivity contribution is 6.03. The van der Waals surface area contributed by atoms with Gasteiger partial charge in [0.2, 0.25) is 5.88 Å². The predicted molar refractivity (Wildman–Crippen MR) is 108 cm³/mol. The van der Waals surface area contributed by atoms with Crippen molar-refractivity contribution in [2.75, 3.05) is 7.11 Å². The first-order chi connectivity index (χ1) is 14.2. The number of rotatable bonds is 4. The lowest BCUT2D eigenvalue weighted by Gasteiger charge is -2.13. The highest BCUT2D eigenvalue weighted by atomic mass is 19.1. The number of nitrogens with zero attached hydrogens (tertiary/aromatic N) is 3. The number of hydrogen-bond donors (Lipinski definition) is 1. The first-order valence-corrected chi connectivity index (χ1v) is 8.91. The van der Waals surface area contributed by atoms with Crippen molar-refractivity contribution in [2.24, 2.45) is 0 Å². The molecule has 3 heterocycles. The first-order valence-electron chi connectivity index (χ1n) is 8.91. The van der Waals surface area contributed by atoms with E-state index in [9.17, 15) is 4.39 Å². The van der Waals surface area contributed by atoms with Crippen molar-refractivity contribution < 1.29 is 13.9 Å². The SMILES string of the molecule is COc1cc(Oc2ccccn2)ccc1-c1cc2c(cc1F)ncc1[nH]cnc12. The molecule has 0 amide bonds. The quantitative estimate of drug-likeness (QED) is 0.464. The number of H-pyrrole nitrogens is 1. The third-order valence-electron chi connectivity index (χ3n) is 4.67. The van der Waals surface area contributed by atoms with Gasteiger partial charge in [-0.1, -0.05) is 6.07 Å². The van der Waals surface area contributed by atoms with E-state index >= 15 is 0 Å². The van der Waals surface area contributed by atoms with Crippen molar-refractivity contribution in [2.45, 2.75) is 0 Å². The predicted octanol–water partition coefficient (Wildman–Crippen LogP) is 5.11. The molecule has 0 saturated carbocycles. The number of halogens is 1. The minimum Gasteiger partial charge on any atom is -0.496 e.